The summed E-state index contributed by atoms with van der Waals surface area (Å²) >= 11 is 0. The van der Waals surface area contributed by atoms with Gasteiger partial charge in [0, 0.05) is 43.9 Å². The Balaban J connectivity index is 1.41. The maximum atomic E-state index is 4.67. The Morgan fingerprint density at radius 2 is 1.67 bits per heavy atom. The van der Waals surface area contributed by atoms with E-state index in [9.17, 15) is 0 Å². The zero-order valence-electron chi connectivity index (χ0n) is 13.5. The first-order valence-corrected chi connectivity index (χ1v) is 8.64. The summed E-state index contributed by atoms with van der Waals surface area (Å²) in [6.07, 6.45) is 4.10. The Hall–Kier alpha value is -2.63. The summed E-state index contributed by atoms with van der Waals surface area (Å²) in [5.41, 5.74) is 2.48. The zero-order chi connectivity index (χ0) is 15.9. The van der Waals surface area contributed by atoms with Gasteiger partial charge in [0.15, 0.2) is 0 Å². The normalized spacial score (nSPS) is 18.3. The lowest BCUT2D eigenvalue weighted by Crippen LogP contribution is -2.47. The lowest BCUT2D eigenvalue weighted by Gasteiger charge is -2.37. The van der Waals surface area contributed by atoms with Gasteiger partial charge in [0.05, 0.1) is 5.69 Å². The van der Waals surface area contributed by atoms with Crippen LogP contribution in [0.1, 0.15) is 24.5 Å². The Morgan fingerprint density at radius 3 is 2.42 bits per heavy atom. The second kappa shape index (κ2) is 5.47. The Labute approximate surface area is 140 Å². The number of para-hydroxylation sites is 1. The summed E-state index contributed by atoms with van der Waals surface area (Å²) < 4.78 is 1.88. The van der Waals surface area contributed by atoms with Gasteiger partial charge in [0.25, 0.3) is 5.78 Å². The number of anilines is 2. The molecule has 3 heterocycles. The molecule has 0 radical (unpaired) electrons. The average Bonchev–Trinajstić information content (AvgIpc) is 3.39. The third-order valence-corrected chi connectivity index (χ3v) is 4.97. The predicted molar refractivity (Wildman–Crippen MR) is 93.6 cm³/mol. The van der Waals surface area contributed by atoms with Gasteiger partial charge in [-0.1, -0.05) is 18.2 Å². The van der Waals surface area contributed by atoms with Crippen molar-refractivity contribution >= 4 is 17.3 Å². The first-order valence-electron chi connectivity index (χ1n) is 8.64. The third kappa shape index (κ3) is 2.38. The number of hydrogen-bond acceptors (Lipinski definition) is 5. The molecule has 5 rings (SSSR count). The highest BCUT2D eigenvalue weighted by Gasteiger charge is 2.28. The topological polar surface area (TPSA) is 49.6 Å². The summed E-state index contributed by atoms with van der Waals surface area (Å²) in [6.45, 7) is 4.00. The molecule has 3 aromatic rings. The standard InChI is InChI=1S/C18H20N6/c1-2-4-15(5-3-1)22-8-10-23(11-9-22)17-12-16(14-6-7-14)21-18-19-13-20-24(17)18/h1-5,12-14H,6-11H2. The van der Waals surface area contributed by atoms with Gasteiger partial charge in [0.1, 0.15) is 12.1 Å². The van der Waals surface area contributed by atoms with E-state index in [0.29, 0.717) is 5.92 Å². The molecule has 2 fully saturated rings. The van der Waals surface area contributed by atoms with Crippen LogP contribution in [0.5, 0.6) is 0 Å². The van der Waals surface area contributed by atoms with Gasteiger partial charge in [-0.25, -0.2) is 4.98 Å². The molecule has 2 aliphatic rings. The van der Waals surface area contributed by atoms with Crippen LogP contribution in [-0.2, 0) is 0 Å². The second-order valence-corrected chi connectivity index (χ2v) is 6.59. The Bertz CT molecular complexity index is 846. The Morgan fingerprint density at radius 1 is 0.917 bits per heavy atom. The fourth-order valence-corrected chi connectivity index (χ4v) is 3.46. The number of piperazine rings is 1. The maximum Gasteiger partial charge on any atom is 0.254 e. The molecule has 1 aliphatic heterocycles. The van der Waals surface area contributed by atoms with E-state index in [-0.39, 0.29) is 0 Å². The summed E-state index contributed by atoms with van der Waals surface area (Å²) in [5.74, 6) is 2.48. The van der Waals surface area contributed by atoms with Crippen molar-refractivity contribution in [2.45, 2.75) is 18.8 Å². The highest BCUT2D eigenvalue weighted by atomic mass is 15.4. The minimum Gasteiger partial charge on any atom is -0.368 e. The van der Waals surface area contributed by atoms with Gasteiger partial charge in [-0.3, -0.25) is 0 Å². The first-order chi connectivity index (χ1) is 11.9. The molecular weight excluding hydrogens is 300 g/mol. The van der Waals surface area contributed by atoms with Crippen molar-refractivity contribution in [2.24, 2.45) is 0 Å². The van der Waals surface area contributed by atoms with E-state index < -0.39 is 0 Å². The van der Waals surface area contributed by atoms with Crippen LogP contribution in [0.3, 0.4) is 0 Å². The van der Waals surface area contributed by atoms with Crippen molar-refractivity contribution in [1.29, 1.82) is 0 Å². The van der Waals surface area contributed by atoms with Crippen molar-refractivity contribution in [3.05, 3.63) is 48.4 Å². The molecule has 24 heavy (non-hydrogen) atoms. The summed E-state index contributed by atoms with van der Waals surface area (Å²) in [6, 6.07) is 12.9. The maximum absolute atomic E-state index is 4.67. The van der Waals surface area contributed by atoms with E-state index in [2.05, 4.69) is 61.3 Å². The van der Waals surface area contributed by atoms with Crippen LogP contribution in [0.4, 0.5) is 11.5 Å². The fourth-order valence-electron chi connectivity index (χ4n) is 3.46. The van der Waals surface area contributed by atoms with E-state index in [0.717, 1.165) is 37.8 Å². The SMILES string of the molecule is c1ccc(N2CCN(c3cc(C4CC4)nc4ncnn34)CC2)cc1. The molecule has 1 aliphatic carbocycles. The molecular formula is C18H20N6. The molecule has 0 bridgehead atoms. The molecule has 0 unspecified atom stereocenters. The molecule has 1 saturated carbocycles. The fraction of sp³-hybridized carbons (Fsp3) is 0.389. The van der Waals surface area contributed by atoms with Crippen LogP contribution in [0, 0.1) is 0 Å². The molecule has 1 saturated heterocycles. The molecule has 6 heteroatoms. The lowest BCUT2D eigenvalue weighted by atomic mass is 10.2. The van der Waals surface area contributed by atoms with E-state index >= 15 is 0 Å². The van der Waals surface area contributed by atoms with E-state index in [1.807, 2.05) is 4.52 Å². The van der Waals surface area contributed by atoms with Crippen molar-refractivity contribution in [2.75, 3.05) is 36.0 Å². The van der Waals surface area contributed by atoms with Crippen LogP contribution in [0.15, 0.2) is 42.7 Å². The number of nitrogens with zero attached hydrogens (tertiary/aromatic N) is 6. The van der Waals surface area contributed by atoms with Gasteiger partial charge < -0.3 is 9.80 Å². The average molecular weight is 320 g/mol. The summed E-state index contributed by atoms with van der Waals surface area (Å²) in [7, 11) is 0. The van der Waals surface area contributed by atoms with Crippen LogP contribution in [0.2, 0.25) is 0 Å². The monoisotopic (exact) mass is 320 g/mol. The minimum absolute atomic E-state index is 0.621. The van der Waals surface area contributed by atoms with Crippen molar-refractivity contribution in [3.8, 4) is 0 Å². The number of benzene rings is 1. The second-order valence-electron chi connectivity index (χ2n) is 6.59. The molecule has 1 aromatic carbocycles. The van der Waals surface area contributed by atoms with Crippen molar-refractivity contribution < 1.29 is 0 Å². The van der Waals surface area contributed by atoms with Gasteiger partial charge >= 0.3 is 0 Å². The highest BCUT2D eigenvalue weighted by Crippen LogP contribution is 2.40. The zero-order valence-corrected chi connectivity index (χ0v) is 13.5. The van der Waals surface area contributed by atoms with Gasteiger partial charge in [-0.15, -0.1) is 0 Å². The van der Waals surface area contributed by atoms with E-state index in [1.54, 1.807) is 6.33 Å². The number of hydrogen-bond donors (Lipinski definition) is 0. The van der Waals surface area contributed by atoms with Crippen LogP contribution < -0.4 is 9.80 Å². The molecule has 0 spiro atoms. The molecule has 2 aromatic heterocycles. The third-order valence-electron chi connectivity index (χ3n) is 4.97. The Kier molecular flexibility index (Phi) is 3.14. The number of aromatic nitrogens is 4. The quantitative estimate of drug-likeness (QED) is 0.741. The molecule has 0 N–H and O–H groups in total. The molecule has 122 valence electrons. The largest absolute Gasteiger partial charge is 0.368 e. The number of fused-ring (bicyclic) bond motifs is 1. The van der Waals surface area contributed by atoms with Crippen molar-refractivity contribution in [3.63, 3.8) is 0 Å². The lowest BCUT2D eigenvalue weighted by molar-refractivity contribution is 0.638. The first kappa shape index (κ1) is 13.8. The van der Waals surface area contributed by atoms with Gasteiger partial charge in [0.2, 0.25) is 0 Å². The molecule has 0 atom stereocenters. The van der Waals surface area contributed by atoms with Crippen LogP contribution >= 0.6 is 0 Å². The predicted octanol–water partition coefficient (Wildman–Crippen LogP) is 2.33. The van der Waals surface area contributed by atoms with E-state index in [1.165, 1.54) is 24.2 Å². The smallest absolute Gasteiger partial charge is 0.254 e. The number of rotatable bonds is 3. The summed E-state index contributed by atoms with van der Waals surface area (Å²) in [4.78, 5) is 13.8. The minimum atomic E-state index is 0.621. The van der Waals surface area contributed by atoms with Crippen LogP contribution in [0.25, 0.3) is 5.78 Å². The van der Waals surface area contributed by atoms with Gasteiger partial charge in [-0.05, 0) is 25.0 Å². The molecule has 6 nitrogen and oxygen atoms in total. The van der Waals surface area contributed by atoms with Crippen molar-refractivity contribution in [1.82, 2.24) is 19.6 Å². The van der Waals surface area contributed by atoms with Gasteiger partial charge in [-0.2, -0.15) is 14.6 Å². The van der Waals surface area contributed by atoms with E-state index in [4.69, 9.17) is 0 Å². The summed E-state index contributed by atoms with van der Waals surface area (Å²) in [5, 5.41) is 4.38. The molecule has 0 amide bonds. The van der Waals surface area contributed by atoms with Crippen LogP contribution in [-0.4, -0.2) is 45.8 Å². The highest BCUT2D eigenvalue weighted by molar-refractivity contribution is 5.52.